The number of thiol groups is 1. The number of anilines is 1. The van der Waals surface area contributed by atoms with Crippen LogP contribution in [-0.4, -0.2) is 11.7 Å². The molecule has 1 aromatic carbocycles. The van der Waals surface area contributed by atoms with Crippen molar-refractivity contribution >= 4 is 36.3 Å². The second-order valence-electron chi connectivity index (χ2n) is 2.90. The summed E-state index contributed by atoms with van der Waals surface area (Å²) in [6.07, 6.45) is 0.552. The number of carbonyl (C=O) groups is 1. The van der Waals surface area contributed by atoms with Crippen molar-refractivity contribution in [2.45, 2.75) is 11.3 Å². The molecule has 0 aromatic heterocycles. The molecule has 0 aliphatic carbocycles. The van der Waals surface area contributed by atoms with Crippen molar-refractivity contribution in [1.82, 2.24) is 0 Å². The van der Waals surface area contributed by atoms with Crippen LogP contribution in [0.5, 0.6) is 5.75 Å². The Balaban J connectivity index is 2.36. The molecule has 1 N–H and O–H groups in total. The minimum atomic E-state index is 0.0487. The average Bonchev–Trinajstić information content (AvgIpc) is 2.37. The Morgan fingerprint density at radius 3 is 3.14 bits per heavy atom. The summed E-state index contributed by atoms with van der Waals surface area (Å²) in [5, 5.41) is 2.82. The number of thioether (sulfide) groups is 1. The van der Waals surface area contributed by atoms with E-state index in [0.29, 0.717) is 12.2 Å². The first-order chi connectivity index (χ1) is 6.79. The van der Waals surface area contributed by atoms with Crippen LogP contribution < -0.4 is 9.50 Å². The number of carbonyl (C=O) groups excluding carboxylic acids is 1. The van der Waals surface area contributed by atoms with E-state index < -0.39 is 0 Å². The van der Waals surface area contributed by atoms with Crippen LogP contribution >= 0.6 is 24.7 Å². The van der Waals surface area contributed by atoms with Gasteiger partial charge in [0.1, 0.15) is 5.75 Å². The van der Waals surface area contributed by atoms with Gasteiger partial charge < -0.3 is 9.50 Å². The second kappa shape index (κ2) is 4.14. The fraction of sp³-hybridized carbons (Fsp3) is 0.222. The Morgan fingerprint density at radius 2 is 2.36 bits per heavy atom. The third-order valence-electron chi connectivity index (χ3n) is 1.92. The van der Waals surface area contributed by atoms with Crippen molar-refractivity contribution in [2.24, 2.45) is 0 Å². The first-order valence-electron chi connectivity index (χ1n) is 4.18. The number of hydrogen-bond donors (Lipinski definition) is 2. The molecule has 14 heavy (non-hydrogen) atoms. The Morgan fingerprint density at radius 1 is 1.50 bits per heavy atom. The highest BCUT2D eigenvalue weighted by atomic mass is 32.2. The zero-order chi connectivity index (χ0) is 9.97. The molecule has 0 bridgehead atoms. The van der Waals surface area contributed by atoms with Crippen molar-refractivity contribution in [3.8, 4) is 5.75 Å². The van der Waals surface area contributed by atoms with Crippen LogP contribution in [0.4, 0.5) is 5.69 Å². The molecule has 5 heteroatoms. The highest BCUT2D eigenvalue weighted by Crippen LogP contribution is 2.33. The molecular weight excluding hydrogens is 218 g/mol. The summed E-state index contributed by atoms with van der Waals surface area (Å²) in [6, 6.07) is 5.53. The number of hydrogen-bond acceptors (Lipinski definition) is 4. The molecule has 1 heterocycles. The van der Waals surface area contributed by atoms with Crippen LogP contribution in [0.2, 0.25) is 0 Å². The molecule has 0 fully saturated rings. The summed E-state index contributed by atoms with van der Waals surface area (Å²) in [4.78, 5) is 12.3. The Kier molecular flexibility index (Phi) is 2.88. The molecule has 0 atom stereocenters. The van der Waals surface area contributed by atoms with E-state index in [2.05, 4.69) is 18.2 Å². The summed E-state index contributed by atoms with van der Waals surface area (Å²) < 4.78 is 4.79. The topological polar surface area (TPSA) is 38.3 Å². The largest absolute Gasteiger partial charge is 0.429 e. The maximum atomic E-state index is 11.3. The third kappa shape index (κ3) is 1.99. The molecule has 0 spiro atoms. The minimum absolute atomic E-state index is 0.0487. The molecule has 74 valence electrons. The predicted molar refractivity (Wildman–Crippen MR) is 60.0 cm³/mol. The molecule has 1 aliphatic heterocycles. The lowest BCUT2D eigenvalue weighted by molar-refractivity contribution is -0.115. The molecular formula is C9H9NO2S2. The van der Waals surface area contributed by atoms with Crippen LogP contribution in [0, 0.1) is 0 Å². The van der Waals surface area contributed by atoms with E-state index in [9.17, 15) is 4.79 Å². The molecule has 1 amide bonds. The highest BCUT2D eigenvalue weighted by Gasteiger charge is 2.13. The van der Waals surface area contributed by atoms with Crippen LogP contribution in [0.1, 0.15) is 6.42 Å². The second-order valence-corrected chi connectivity index (χ2v) is 4.22. The number of benzene rings is 1. The summed E-state index contributed by atoms with van der Waals surface area (Å²) in [7, 11) is 0. The van der Waals surface area contributed by atoms with E-state index in [1.54, 1.807) is 17.8 Å². The Labute approximate surface area is 91.8 Å². The minimum Gasteiger partial charge on any atom is -0.429 e. The summed E-state index contributed by atoms with van der Waals surface area (Å²) in [5.41, 5.74) is 0.809. The Hall–Kier alpha value is -0.810. The Bertz CT molecular complexity index is 368. The molecule has 0 saturated heterocycles. The molecule has 1 aliphatic rings. The zero-order valence-electron chi connectivity index (χ0n) is 7.32. The van der Waals surface area contributed by atoms with E-state index in [1.165, 1.54) is 0 Å². The fourth-order valence-electron chi connectivity index (χ4n) is 1.26. The summed E-state index contributed by atoms with van der Waals surface area (Å²) in [5.74, 6) is 1.50. The molecule has 1 aromatic rings. The van der Waals surface area contributed by atoms with Crippen molar-refractivity contribution < 1.29 is 8.98 Å². The number of amides is 1. The van der Waals surface area contributed by atoms with Gasteiger partial charge in [-0.25, -0.2) is 0 Å². The summed E-state index contributed by atoms with van der Waals surface area (Å²) >= 11 is 5.38. The lowest BCUT2D eigenvalue weighted by atomic mass is 10.3. The van der Waals surface area contributed by atoms with Gasteiger partial charge in [-0.1, -0.05) is 0 Å². The molecule has 0 saturated carbocycles. The van der Waals surface area contributed by atoms with Crippen LogP contribution in [0.25, 0.3) is 0 Å². The average molecular weight is 227 g/mol. The van der Waals surface area contributed by atoms with Crippen molar-refractivity contribution in [3.63, 3.8) is 0 Å². The van der Waals surface area contributed by atoms with Gasteiger partial charge in [-0.2, -0.15) is 0 Å². The lowest BCUT2D eigenvalue weighted by Gasteiger charge is -2.06. The van der Waals surface area contributed by atoms with Crippen molar-refractivity contribution in [3.05, 3.63) is 18.2 Å². The SMILES string of the molecule is O=C1CCSc2ccc(OS)cc2N1. The van der Waals surface area contributed by atoms with Crippen molar-refractivity contribution in [1.29, 1.82) is 0 Å². The molecule has 2 rings (SSSR count). The number of fused-ring (bicyclic) bond motifs is 1. The van der Waals surface area contributed by atoms with Gasteiger partial charge in [-0.3, -0.25) is 4.79 Å². The number of nitrogens with one attached hydrogen (secondary N) is 1. The van der Waals surface area contributed by atoms with Gasteiger partial charge in [0.2, 0.25) is 5.91 Å². The maximum Gasteiger partial charge on any atom is 0.225 e. The predicted octanol–water partition coefficient (Wildman–Crippen LogP) is 2.34. The number of rotatable bonds is 1. The van der Waals surface area contributed by atoms with Gasteiger partial charge in [0.05, 0.1) is 5.69 Å². The highest BCUT2D eigenvalue weighted by molar-refractivity contribution is 7.99. The van der Waals surface area contributed by atoms with Crippen LogP contribution in [-0.2, 0) is 4.79 Å². The van der Waals surface area contributed by atoms with Gasteiger partial charge in [0, 0.05) is 36.0 Å². The zero-order valence-corrected chi connectivity index (χ0v) is 9.03. The summed E-state index contributed by atoms with van der Waals surface area (Å²) in [6.45, 7) is 0. The monoisotopic (exact) mass is 227 g/mol. The fourth-order valence-corrected chi connectivity index (χ4v) is 2.31. The lowest BCUT2D eigenvalue weighted by Crippen LogP contribution is -2.10. The van der Waals surface area contributed by atoms with E-state index in [0.717, 1.165) is 16.3 Å². The quantitative estimate of drug-likeness (QED) is 0.571. The first-order valence-corrected chi connectivity index (χ1v) is 5.53. The van der Waals surface area contributed by atoms with E-state index in [1.807, 2.05) is 12.1 Å². The van der Waals surface area contributed by atoms with E-state index in [-0.39, 0.29) is 5.91 Å². The van der Waals surface area contributed by atoms with E-state index in [4.69, 9.17) is 4.18 Å². The molecule has 3 nitrogen and oxygen atoms in total. The van der Waals surface area contributed by atoms with Crippen LogP contribution in [0.3, 0.4) is 0 Å². The van der Waals surface area contributed by atoms with Gasteiger partial charge in [0.25, 0.3) is 0 Å². The normalized spacial score (nSPS) is 15.4. The van der Waals surface area contributed by atoms with Crippen LogP contribution in [0.15, 0.2) is 23.1 Å². The molecule has 0 radical (unpaired) electrons. The first kappa shape index (κ1) is 9.73. The van der Waals surface area contributed by atoms with Gasteiger partial charge in [-0.05, 0) is 12.1 Å². The van der Waals surface area contributed by atoms with E-state index >= 15 is 0 Å². The van der Waals surface area contributed by atoms with Gasteiger partial charge >= 0.3 is 0 Å². The standard InChI is InChI=1S/C9H9NO2S2/c11-9-3-4-14-8-2-1-6(12-13)5-7(8)10-9/h1-2,5,13H,3-4H2,(H,10,11). The smallest absolute Gasteiger partial charge is 0.225 e. The van der Waals surface area contributed by atoms with Crippen molar-refractivity contribution in [2.75, 3.05) is 11.1 Å². The molecule has 0 unspecified atom stereocenters. The maximum absolute atomic E-state index is 11.3. The third-order valence-corrected chi connectivity index (χ3v) is 3.20. The van der Waals surface area contributed by atoms with Gasteiger partial charge in [-0.15, -0.1) is 11.8 Å². The van der Waals surface area contributed by atoms with Gasteiger partial charge in [0.15, 0.2) is 0 Å².